The zero-order valence-electron chi connectivity index (χ0n) is 36.4. The zero-order valence-corrected chi connectivity index (χ0v) is 42.5. The average Bonchev–Trinajstić information content (AvgIpc) is 3.20. The standard InChI is InChI=1S/2C20H24N2O4.2NO3.2Ni.2H2O.2O.U/c2*1-3-25-17-9-5-7-15(19(17)23)13-21-11-12-22-14-16-8-6-10-18(20(16)24)26-4-2;2*2-1(3)4;;;;;;;/h2*5-10,13-14,23-24H,3-4,11-12H2,1-2H3;;;;;2*1H2;;;/q;;2*-1;2*+3;;;2*-2;+4/p-2. The number of ether oxygens (including phenoxy) is 4. The topological polar surface area (TPSA) is 434 Å². The Labute approximate surface area is 429 Å². The predicted molar refractivity (Wildman–Crippen MR) is 230 cm³/mol. The molecule has 4 rings (SSSR count). The molecule has 0 aromatic heterocycles. The number of hydrogen-bond acceptors (Lipinski definition) is 18. The van der Waals surface area contributed by atoms with Crippen LogP contribution >= 0.6 is 0 Å². The van der Waals surface area contributed by atoms with E-state index in [-0.39, 0.29) is 109 Å². The molecule has 0 saturated heterocycles. The second kappa shape index (κ2) is 45.4. The largest absolute Gasteiger partial charge is 4.00 e. The molecule has 0 unspecified atom stereocenters. The first-order chi connectivity index (χ1) is 28.8. The van der Waals surface area contributed by atoms with E-state index in [9.17, 15) is 20.4 Å². The summed E-state index contributed by atoms with van der Waals surface area (Å²) < 4.78 is 21.1. The second-order valence-electron chi connectivity index (χ2n) is 11.0. The minimum atomic E-state index is -1.75. The van der Waals surface area contributed by atoms with Crippen LogP contribution in [-0.2, 0) is 54.9 Å². The van der Waals surface area contributed by atoms with Crippen molar-refractivity contribution in [2.45, 2.75) is 27.7 Å². The van der Waals surface area contributed by atoms with Crippen molar-refractivity contribution in [3.63, 3.8) is 0 Å². The molecule has 4 aromatic rings. The Kier molecular flexibility index (Phi) is 51.2. The molecule has 0 aliphatic carbocycles. The Hall–Kier alpha value is -5.76. The maximum absolute atomic E-state index is 12.1. The molecule has 0 heterocycles. The van der Waals surface area contributed by atoms with Gasteiger partial charge in [0.15, 0.2) is 0 Å². The molecule has 0 fully saturated rings. The number of benzene rings is 4. The minimum absolute atomic E-state index is 0. The summed E-state index contributed by atoms with van der Waals surface area (Å²) >= 11 is 0. The van der Waals surface area contributed by atoms with Gasteiger partial charge >= 0.3 is 64.1 Å². The Morgan fingerprint density at radius 3 is 0.746 bits per heavy atom. The van der Waals surface area contributed by atoms with E-state index in [2.05, 4.69) is 20.0 Å². The molecule has 2 radical (unpaired) electrons. The van der Waals surface area contributed by atoms with Crippen molar-refractivity contribution in [3.8, 4) is 46.0 Å². The molecule has 0 bridgehead atoms. The van der Waals surface area contributed by atoms with Gasteiger partial charge in [-0.25, -0.2) is 0 Å². The molecule has 6 N–H and O–H groups in total. The summed E-state index contributed by atoms with van der Waals surface area (Å²) in [5.41, 5.74) is 1.91. The number of para-hydroxylation sites is 4. The molecule has 0 saturated carbocycles. The molecule has 0 amide bonds. The van der Waals surface area contributed by atoms with Crippen molar-refractivity contribution in [3.05, 3.63) is 126 Å². The van der Waals surface area contributed by atoms with Crippen LogP contribution in [0, 0.1) is 61.8 Å². The van der Waals surface area contributed by atoms with Gasteiger partial charge < -0.3 is 91.9 Å². The molecular weight excluding hydrogens is 1210 g/mol. The second-order valence-corrected chi connectivity index (χ2v) is 11.0. The Morgan fingerprint density at radius 2 is 0.597 bits per heavy atom. The number of nitrogens with zero attached hydrogens (tertiary/aromatic N) is 6. The maximum atomic E-state index is 12.1. The van der Waals surface area contributed by atoms with Crippen molar-refractivity contribution in [2.75, 3.05) is 52.6 Å². The normalized spacial score (nSPS) is 9.49. The Balaban J connectivity index is -0.000000169. The molecular formula is C40H50N6Ni2O18U+2. The van der Waals surface area contributed by atoms with E-state index in [0.29, 0.717) is 97.9 Å². The Bertz CT molecular complexity index is 1770. The fraction of sp³-hybridized carbons (Fsp3) is 0.300. The SMILES string of the molecule is CCOc1cccc(C=NCCN=Cc2cccc(OCC)c2[O-])c1[O-].CCOc1cccc(C=NCCN=Cc2cccc(OCC)c2[O-])c1[O-].O=[N+]([O-])[O-].O=[N+]([O-])[O-].[Ni+3].[Ni+3].[O-2].[O-2].[OH3+].[OH3+].[U+4]. The summed E-state index contributed by atoms with van der Waals surface area (Å²) in [5, 5.41) is 77.9. The summed E-state index contributed by atoms with van der Waals surface area (Å²) in [6.45, 7) is 10.7. The first kappa shape index (κ1) is 75.5. The van der Waals surface area contributed by atoms with E-state index in [1.807, 2.05) is 27.7 Å². The quantitative estimate of drug-likeness (QED) is 0.0342. The van der Waals surface area contributed by atoms with Crippen LogP contribution in [0.3, 0.4) is 0 Å². The van der Waals surface area contributed by atoms with Crippen LogP contribution in [0.1, 0.15) is 49.9 Å². The van der Waals surface area contributed by atoms with Crippen molar-refractivity contribution in [2.24, 2.45) is 20.0 Å². The summed E-state index contributed by atoms with van der Waals surface area (Å²) in [6.07, 6.45) is 6.09. The summed E-state index contributed by atoms with van der Waals surface area (Å²) in [5.74, 6) is 0.600. The van der Waals surface area contributed by atoms with Gasteiger partial charge in [0, 0.05) is 24.9 Å². The van der Waals surface area contributed by atoms with Gasteiger partial charge in [0.05, 0.1) is 62.8 Å². The molecule has 27 heteroatoms. The van der Waals surface area contributed by atoms with Gasteiger partial charge in [-0.15, -0.1) is 0 Å². The smallest absolute Gasteiger partial charge is 2.00 e. The molecule has 67 heavy (non-hydrogen) atoms. The van der Waals surface area contributed by atoms with Crippen LogP contribution in [0.2, 0.25) is 0 Å². The van der Waals surface area contributed by atoms with Crippen LogP contribution in [-0.4, -0.2) is 87.6 Å². The van der Waals surface area contributed by atoms with Gasteiger partial charge in [-0.05, 0) is 74.2 Å². The van der Waals surface area contributed by atoms with Crippen LogP contribution in [0.4, 0.5) is 0 Å². The molecule has 0 atom stereocenters. The van der Waals surface area contributed by atoms with Crippen LogP contribution in [0.5, 0.6) is 46.0 Å². The summed E-state index contributed by atoms with van der Waals surface area (Å²) in [6, 6.07) is 20.4. The molecule has 0 aliphatic rings. The maximum Gasteiger partial charge on any atom is 4.00 e. The van der Waals surface area contributed by atoms with Crippen LogP contribution in [0.25, 0.3) is 0 Å². The van der Waals surface area contributed by atoms with E-state index < -0.39 is 10.2 Å². The van der Waals surface area contributed by atoms with Gasteiger partial charge in [-0.3, -0.25) is 20.0 Å². The molecule has 0 aliphatic heterocycles. The molecule has 4 aromatic carbocycles. The van der Waals surface area contributed by atoms with Crippen molar-refractivity contribution >= 4 is 24.9 Å². The van der Waals surface area contributed by atoms with Gasteiger partial charge in [0.1, 0.15) is 23.0 Å². The van der Waals surface area contributed by atoms with Gasteiger partial charge in [0.2, 0.25) is 0 Å². The van der Waals surface area contributed by atoms with Gasteiger partial charge in [0.25, 0.3) is 0 Å². The summed E-state index contributed by atoms with van der Waals surface area (Å²) in [7, 11) is 0. The molecule has 370 valence electrons. The fourth-order valence-corrected chi connectivity index (χ4v) is 4.50. The first-order valence-electron chi connectivity index (χ1n) is 18.1. The predicted octanol–water partition coefficient (Wildman–Crippen LogP) is 1.77. The van der Waals surface area contributed by atoms with Crippen molar-refractivity contribution < 1.29 is 136 Å². The number of aliphatic imine (C=N–C) groups is 4. The monoisotopic (exact) mass is 1260 g/mol. The fourth-order valence-electron chi connectivity index (χ4n) is 4.50. The third kappa shape index (κ3) is 31.7. The summed E-state index contributed by atoms with van der Waals surface area (Å²) in [4.78, 5) is 33.3. The number of hydrogen-bond donors (Lipinski definition) is 0. The van der Waals surface area contributed by atoms with E-state index in [1.165, 1.54) is 24.9 Å². The van der Waals surface area contributed by atoms with Crippen LogP contribution < -0.4 is 39.4 Å². The minimum Gasteiger partial charge on any atom is -2.00 e. The third-order valence-corrected chi connectivity index (χ3v) is 6.87. The molecule has 0 spiro atoms. The molecule has 24 nitrogen and oxygen atoms in total. The third-order valence-electron chi connectivity index (χ3n) is 6.87. The van der Waals surface area contributed by atoms with Gasteiger partial charge in [-0.1, -0.05) is 71.5 Å². The van der Waals surface area contributed by atoms with E-state index in [0.717, 1.165) is 0 Å². The van der Waals surface area contributed by atoms with E-state index in [1.54, 1.807) is 72.8 Å². The van der Waals surface area contributed by atoms with E-state index in [4.69, 9.17) is 49.6 Å². The zero-order chi connectivity index (χ0) is 44.7. The van der Waals surface area contributed by atoms with Gasteiger partial charge in [-0.2, -0.15) is 0 Å². The average molecular weight is 1260 g/mol. The Morgan fingerprint density at radius 1 is 0.433 bits per heavy atom. The first-order valence-corrected chi connectivity index (χ1v) is 18.1. The van der Waals surface area contributed by atoms with Crippen LogP contribution in [0.15, 0.2) is 92.8 Å². The number of rotatable bonds is 18. The van der Waals surface area contributed by atoms with Crippen molar-refractivity contribution in [1.82, 2.24) is 0 Å². The van der Waals surface area contributed by atoms with E-state index >= 15 is 0 Å². The van der Waals surface area contributed by atoms with Crippen molar-refractivity contribution in [1.29, 1.82) is 0 Å².